The Morgan fingerprint density at radius 2 is 2.15 bits per heavy atom. The van der Waals surface area contributed by atoms with E-state index in [1.807, 2.05) is 6.92 Å². The number of aryl methyl sites for hydroxylation is 1. The zero-order valence-corrected chi connectivity index (χ0v) is 12.5. The van der Waals surface area contributed by atoms with Gasteiger partial charge in [-0.1, -0.05) is 19.1 Å². The molecule has 0 saturated carbocycles. The second-order valence-corrected chi connectivity index (χ2v) is 4.78. The van der Waals surface area contributed by atoms with Gasteiger partial charge in [-0.15, -0.1) is 0 Å². The van der Waals surface area contributed by atoms with Gasteiger partial charge >= 0.3 is 0 Å². The summed E-state index contributed by atoms with van der Waals surface area (Å²) in [5, 5.41) is 10.6. The largest absolute Gasteiger partial charge is 0.447 e. The first kappa shape index (κ1) is 14.7. The van der Waals surface area contributed by atoms with Gasteiger partial charge in [0.25, 0.3) is 5.69 Å². The summed E-state index contributed by atoms with van der Waals surface area (Å²) in [6.07, 6.45) is 3.07. The average molecular weight is 340 g/mol. The van der Waals surface area contributed by atoms with Crippen LogP contribution in [0.3, 0.4) is 0 Å². The maximum atomic E-state index is 10.6. The molecule has 1 aromatic heterocycles. The summed E-state index contributed by atoms with van der Waals surface area (Å²) in [4.78, 5) is 14.6. The molecule has 0 amide bonds. The van der Waals surface area contributed by atoms with Gasteiger partial charge in [-0.3, -0.25) is 10.1 Å². The van der Waals surface area contributed by atoms with E-state index in [0.29, 0.717) is 12.3 Å². The monoisotopic (exact) mass is 339 g/mol. The molecule has 0 aliphatic carbocycles. The van der Waals surface area contributed by atoms with Crippen molar-refractivity contribution in [2.24, 2.45) is 0 Å². The molecule has 1 heterocycles. The van der Waals surface area contributed by atoms with E-state index in [2.05, 4.69) is 25.5 Å². The Labute approximate surface area is 124 Å². The minimum absolute atomic E-state index is 0.0847. The fourth-order valence-corrected chi connectivity index (χ4v) is 2.16. The van der Waals surface area contributed by atoms with E-state index >= 15 is 0 Å². The minimum Gasteiger partial charge on any atom is -0.447 e. The molecule has 1 atom stereocenters. The summed E-state index contributed by atoms with van der Waals surface area (Å²) in [6.45, 7) is 2.01. The van der Waals surface area contributed by atoms with Crippen molar-refractivity contribution in [3.05, 3.63) is 57.8 Å². The van der Waals surface area contributed by atoms with E-state index in [1.165, 1.54) is 12.1 Å². The highest BCUT2D eigenvalue weighted by Crippen LogP contribution is 2.21. The molecule has 1 aromatic carbocycles. The van der Waals surface area contributed by atoms with Crippen LogP contribution in [0.2, 0.25) is 0 Å². The molecule has 2 rings (SSSR count). The first-order chi connectivity index (χ1) is 9.63. The number of nitrogens with one attached hydrogen (secondary N) is 1. The topological polar surface area (TPSA) is 81.2 Å². The summed E-state index contributed by atoms with van der Waals surface area (Å²) >= 11 is 3.22. The smallest absolute Gasteiger partial charge is 0.269 e. The number of hydrogen-bond acceptors (Lipinski definition) is 5. The van der Waals surface area contributed by atoms with Crippen LogP contribution >= 0.6 is 16.1 Å². The van der Waals surface area contributed by atoms with Crippen molar-refractivity contribution in [1.82, 2.24) is 9.33 Å². The fraction of sp³-hybridized carbons (Fsp3) is 0.308. The predicted molar refractivity (Wildman–Crippen MR) is 77.5 cm³/mol. The standard InChI is InChI=1S/C13H14BrN3O3/c1-2-10-8-20-13(15-10)12(16-14)7-9-3-5-11(6-4-9)17(18)19/h3-6,8,12,16H,2,7H2,1H3/t12-/m0/s1. The van der Waals surface area contributed by atoms with Gasteiger partial charge in [-0.2, -0.15) is 0 Å². The van der Waals surface area contributed by atoms with Gasteiger partial charge in [0, 0.05) is 28.3 Å². The first-order valence-corrected chi connectivity index (χ1v) is 6.97. The van der Waals surface area contributed by atoms with Gasteiger partial charge in [0.1, 0.15) is 6.26 Å². The summed E-state index contributed by atoms with van der Waals surface area (Å²) in [5.41, 5.74) is 1.95. The van der Waals surface area contributed by atoms with Crippen LogP contribution in [0.25, 0.3) is 0 Å². The maximum Gasteiger partial charge on any atom is 0.269 e. The van der Waals surface area contributed by atoms with E-state index in [1.54, 1.807) is 18.4 Å². The van der Waals surface area contributed by atoms with Gasteiger partial charge in [0.15, 0.2) is 0 Å². The molecular formula is C13H14BrN3O3. The Bertz CT molecular complexity index is 583. The molecule has 7 heteroatoms. The van der Waals surface area contributed by atoms with Crippen LogP contribution in [-0.4, -0.2) is 9.91 Å². The summed E-state index contributed by atoms with van der Waals surface area (Å²) in [5.74, 6) is 0.595. The normalized spacial score (nSPS) is 12.3. The molecule has 0 radical (unpaired) electrons. The number of aromatic nitrogens is 1. The lowest BCUT2D eigenvalue weighted by atomic mass is 10.1. The molecule has 6 nitrogen and oxygen atoms in total. The first-order valence-electron chi connectivity index (χ1n) is 6.17. The Kier molecular flexibility index (Phi) is 4.86. The third-order valence-corrected chi connectivity index (χ3v) is 3.50. The molecule has 2 aromatic rings. The van der Waals surface area contributed by atoms with E-state index < -0.39 is 4.92 Å². The third kappa shape index (κ3) is 3.43. The lowest BCUT2D eigenvalue weighted by molar-refractivity contribution is -0.384. The molecule has 0 fully saturated rings. The lowest BCUT2D eigenvalue weighted by Crippen LogP contribution is -2.14. The zero-order valence-electron chi connectivity index (χ0n) is 10.9. The fourth-order valence-electron chi connectivity index (χ4n) is 1.81. The van der Waals surface area contributed by atoms with Crippen molar-refractivity contribution in [2.75, 3.05) is 0 Å². The quantitative estimate of drug-likeness (QED) is 0.496. The van der Waals surface area contributed by atoms with Gasteiger partial charge in [-0.25, -0.2) is 9.33 Å². The molecule has 0 unspecified atom stereocenters. The number of non-ortho nitro benzene ring substituents is 1. The van der Waals surface area contributed by atoms with Crippen LogP contribution in [0.1, 0.15) is 30.1 Å². The molecule has 0 spiro atoms. The number of oxazole rings is 1. The van der Waals surface area contributed by atoms with Crippen molar-refractivity contribution in [3.63, 3.8) is 0 Å². The van der Waals surface area contributed by atoms with Gasteiger partial charge < -0.3 is 4.42 Å². The van der Waals surface area contributed by atoms with E-state index in [-0.39, 0.29) is 11.7 Å². The SMILES string of the molecule is CCc1coc([C@H](Cc2ccc([N+](=O)[O-])cc2)NBr)n1. The Balaban J connectivity index is 2.11. The second-order valence-electron chi connectivity index (χ2n) is 4.32. The van der Waals surface area contributed by atoms with Crippen LogP contribution in [-0.2, 0) is 12.8 Å². The highest BCUT2D eigenvalue weighted by molar-refractivity contribution is 9.08. The third-order valence-electron chi connectivity index (χ3n) is 2.95. The summed E-state index contributed by atoms with van der Waals surface area (Å²) in [7, 11) is 0. The number of hydrogen-bond donors (Lipinski definition) is 1. The zero-order chi connectivity index (χ0) is 14.5. The molecular weight excluding hydrogens is 326 g/mol. The van der Waals surface area contributed by atoms with Crippen molar-refractivity contribution in [3.8, 4) is 0 Å². The number of nitro benzene ring substituents is 1. The van der Waals surface area contributed by atoms with Crippen LogP contribution in [0.4, 0.5) is 5.69 Å². The van der Waals surface area contributed by atoms with Gasteiger partial charge in [0.05, 0.1) is 16.7 Å². The lowest BCUT2D eigenvalue weighted by Gasteiger charge is -2.10. The molecule has 1 N–H and O–H groups in total. The number of halogens is 1. The van der Waals surface area contributed by atoms with E-state index in [4.69, 9.17) is 4.42 Å². The van der Waals surface area contributed by atoms with Crippen molar-refractivity contribution in [1.29, 1.82) is 0 Å². The molecule has 20 heavy (non-hydrogen) atoms. The summed E-state index contributed by atoms with van der Waals surface area (Å²) < 4.78 is 8.39. The number of nitrogens with zero attached hydrogens (tertiary/aromatic N) is 2. The number of benzene rings is 1. The Morgan fingerprint density at radius 1 is 1.45 bits per heavy atom. The summed E-state index contributed by atoms with van der Waals surface area (Å²) in [6, 6.07) is 6.33. The Morgan fingerprint density at radius 3 is 2.65 bits per heavy atom. The molecule has 0 aliphatic rings. The van der Waals surface area contributed by atoms with Gasteiger partial charge in [-0.05, 0) is 18.4 Å². The molecule has 0 aliphatic heterocycles. The van der Waals surface area contributed by atoms with E-state index in [9.17, 15) is 10.1 Å². The van der Waals surface area contributed by atoms with Crippen LogP contribution in [0.15, 0.2) is 34.9 Å². The van der Waals surface area contributed by atoms with Crippen LogP contribution in [0.5, 0.6) is 0 Å². The number of nitro groups is 1. The van der Waals surface area contributed by atoms with Crippen molar-refractivity contribution in [2.45, 2.75) is 25.8 Å². The van der Waals surface area contributed by atoms with Gasteiger partial charge in [0.2, 0.25) is 5.89 Å². The minimum atomic E-state index is -0.411. The van der Waals surface area contributed by atoms with Crippen LogP contribution < -0.4 is 4.34 Å². The molecule has 0 saturated heterocycles. The molecule has 0 bridgehead atoms. The predicted octanol–water partition coefficient (Wildman–Crippen LogP) is 3.33. The van der Waals surface area contributed by atoms with Crippen molar-refractivity contribution >= 4 is 21.8 Å². The average Bonchev–Trinajstić information content (AvgIpc) is 2.94. The van der Waals surface area contributed by atoms with Crippen molar-refractivity contribution < 1.29 is 9.34 Å². The Hall–Kier alpha value is -1.73. The highest BCUT2D eigenvalue weighted by atomic mass is 79.9. The van der Waals surface area contributed by atoms with Crippen LogP contribution in [0, 0.1) is 10.1 Å². The van der Waals surface area contributed by atoms with E-state index in [0.717, 1.165) is 17.7 Å². The highest BCUT2D eigenvalue weighted by Gasteiger charge is 2.17. The number of rotatable bonds is 6. The second kappa shape index (κ2) is 6.62. The molecule has 106 valence electrons. The maximum absolute atomic E-state index is 10.6.